The van der Waals surface area contributed by atoms with E-state index >= 15 is 0 Å². The van der Waals surface area contributed by atoms with Crippen molar-refractivity contribution in [3.05, 3.63) is 35.9 Å². The smallest absolute Gasteiger partial charge is 0.140 e. The van der Waals surface area contributed by atoms with Gasteiger partial charge < -0.3 is 4.48 Å². The van der Waals surface area contributed by atoms with Gasteiger partial charge in [-0.05, 0) is 19.8 Å². The molecule has 15 heavy (non-hydrogen) atoms. The summed E-state index contributed by atoms with van der Waals surface area (Å²) in [6, 6.07) is 11.1. The molecule has 0 saturated heterocycles. The van der Waals surface area contributed by atoms with Crippen LogP contribution >= 0.6 is 0 Å². The number of quaternary nitrogens is 1. The second-order valence-corrected chi connectivity index (χ2v) is 4.58. The quantitative estimate of drug-likeness (QED) is 0.520. The van der Waals surface area contributed by atoms with Crippen molar-refractivity contribution < 1.29 is 4.48 Å². The van der Waals surface area contributed by atoms with Crippen molar-refractivity contribution in [2.45, 2.75) is 26.4 Å². The van der Waals surface area contributed by atoms with Crippen LogP contribution in [-0.2, 0) is 6.54 Å². The molecule has 1 aromatic carbocycles. The van der Waals surface area contributed by atoms with Crippen LogP contribution in [0.5, 0.6) is 0 Å². The lowest BCUT2D eigenvalue weighted by Crippen LogP contribution is -2.49. The van der Waals surface area contributed by atoms with Crippen LogP contribution in [-0.4, -0.2) is 24.1 Å². The molecule has 0 spiro atoms. The second-order valence-electron chi connectivity index (χ2n) is 4.58. The van der Waals surface area contributed by atoms with Gasteiger partial charge in [-0.15, -0.1) is 6.42 Å². The molecule has 1 aromatic rings. The Bertz CT molecular complexity index is 334. The molecule has 0 aliphatic rings. The SMILES string of the molecule is C#CC[N+](C)(Cc1ccccc1)C(C)C. The molecule has 80 valence electrons. The van der Waals surface area contributed by atoms with Gasteiger partial charge in [-0.3, -0.25) is 0 Å². The summed E-state index contributed by atoms with van der Waals surface area (Å²) < 4.78 is 0.903. The number of hydrogen-bond acceptors (Lipinski definition) is 0. The Morgan fingerprint density at radius 2 is 1.87 bits per heavy atom. The molecule has 0 aliphatic heterocycles. The number of nitrogens with zero attached hydrogens (tertiary/aromatic N) is 1. The molecular formula is C14H20N+. The summed E-state index contributed by atoms with van der Waals surface area (Å²) in [5.41, 5.74) is 1.35. The van der Waals surface area contributed by atoms with Crippen LogP contribution in [0.2, 0.25) is 0 Å². The molecule has 0 fully saturated rings. The van der Waals surface area contributed by atoms with Crippen LogP contribution in [0.25, 0.3) is 0 Å². The third kappa shape index (κ3) is 3.11. The van der Waals surface area contributed by atoms with Gasteiger partial charge in [-0.25, -0.2) is 0 Å². The molecule has 1 rings (SSSR count). The van der Waals surface area contributed by atoms with Gasteiger partial charge in [0.25, 0.3) is 0 Å². The molecule has 1 atom stereocenters. The summed E-state index contributed by atoms with van der Waals surface area (Å²) >= 11 is 0. The Labute approximate surface area is 93.3 Å². The van der Waals surface area contributed by atoms with Gasteiger partial charge in [-0.1, -0.05) is 30.3 Å². The van der Waals surface area contributed by atoms with Crippen molar-refractivity contribution in [2.75, 3.05) is 13.6 Å². The summed E-state index contributed by atoms with van der Waals surface area (Å²) in [6.07, 6.45) is 5.44. The van der Waals surface area contributed by atoms with Gasteiger partial charge in [-0.2, -0.15) is 0 Å². The standard InChI is InChI=1S/C14H20N/c1-5-11-15(4,13(2)3)12-14-9-7-6-8-10-14/h1,6-10,13H,11-12H2,2-4H3/q+1. The van der Waals surface area contributed by atoms with Gasteiger partial charge in [0.2, 0.25) is 0 Å². The predicted molar refractivity (Wildman–Crippen MR) is 65.2 cm³/mol. The van der Waals surface area contributed by atoms with Crippen LogP contribution < -0.4 is 0 Å². The fourth-order valence-corrected chi connectivity index (χ4v) is 1.63. The average molecular weight is 202 g/mol. The highest BCUT2D eigenvalue weighted by molar-refractivity contribution is 5.13. The Morgan fingerprint density at radius 1 is 1.27 bits per heavy atom. The molecule has 0 bridgehead atoms. The van der Waals surface area contributed by atoms with Crippen molar-refractivity contribution in [3.8, 4) is 12.3 Å². The molecule has 0 amide bonds. The highest BCUT2D eigenvalue weighted by atomic mass is 15.3. The van der Waals surface area contributed by atoms with Crippen LogP contribution in [0.4, 0.5) is 0 Å². The Kier molecular flexibility index (Phi) is 3.94. The lowest BCUT2D eigenvalue weighted by atomic mass is 10.1. The van der Waals surface area contributed by atoms with E-state index in [1.165, 1.54) is 5.56 Å². The van der Waals surface area contributed by atoms with Gasteiger partial charge in [0.05, 0.1) is 13.1 Å². The van der Waals surface area contributed by atoms with E-state index in [1.54, 1.807) is 0 Å². The Hall–Kier alpha value is -1.26. The minimum Gasteiger partial charge on any atom is -0.310 e. The highest BCUT2D eigenvalue weighted by Crippen LogP contribution is 2.15. The first-order valence-corrected chi connectivity index (χ1v) is 5.40. The fourth-order valence-electron chi connectivity index (χ4n) is 1.63. The minimum atomic E-state index is 0.543. The van der Waals surface area contributed by atoms with E-state index in [9.17, 15) is 0 Å². The van der Waals surface area contributed by atoms with E-state index < -0.39 is 0 Å². The van der Waals surface area contributed by atoms with Crippen LogP contribution in [0, 0.1) is 12.3 Å². The van der Waals surface area contributed by atoms with Crippen LogP contribution in [0.1, 0.15) is 19.4 Å². The first-order valence-electron chi connectivity index (χ1n) is 5.40. The molecule has 0 aliphatic carbocycles. The van der Waals surface area contributed by atoms with Crippen LogP contribution in [0.3, 0.4) is 0 Å². The van der Waals surface area contributed by atoms with E-state index in [-0.39, 0.29) is 0 Å². The molecule has 0 aromatic heterocycles. The zero-order valence-electron chi connectivity index (χ0n) is 9.90. The molecule has 1 nitrogen and oxygen atoms in total. The molecule has 0 radical (unpaired) electrons. The molecule has 0 N–H and O–H groups in total. The van der Waals surface area contributed by atoms with E-state index in [2.05, 4.69) is 51.1 Å². The number of benzene rings is 1. The molecule has 0 heterocycles. The number of rotatable bonds is 4. The first-order chi connectivity index (χ1) is 7.08. The number of hydrogen-bond donors (Lipinski definition) is 0. The fraction of sp³-hybridized carbons (Fsp3) is 0.429. The summed E-state index contributed by atoms with van der Waals surface area (Å²) in [5, 5.41) is 0. The predicted octanol–water partition coefficient (Wildman–Crippen LogP) is 2.67. The first kappa shape index (κ1) is 11.8. The summed E-state index contributed by atoms with van der Waals surface area (Å²) in [5.74, 6) is 2.78. The van der Waals surface area contributed by atoms with Gasteiger partial charge in [0.15, 0.2) is 0 Å². The Balaban J connectivity index is 2.81. The van der Waals surface area contributed by atoms with Crippen molar-refractivity contribution in [2.24, 2.45) is 0 Å². The number of terminal acetylenes is 1. The molecular weight excluding hydrogens is 182 g/mol. The lowest BCUT2D eigenvalue weighted by molar-refractivity contribution is -0.936. The lowest BCUT2D eigenvalue weighted by Gasteiger charge is -2.37. The van der Waals surface area contributed by atoms with Crippen molar-refractivity contribution in [1.82, 2.24) is 0 Å². The van der Waals surface area contributed by atoms with Crippen LogP contribution in [0.15, 0.2) is 30.3 Å². The van der Waals surface area contributed by atoms with E-state index in [4.69, 9.17) is 6.42 Å². The van der Waals surface area contributed by atoms with E-state index in [0.717, 1.165) is 17.6 Å². The second kappa shape index (κ2) is 5.00. The minimum absolute atomic E-state index is 0.543. The summed E-state index contributed by atoms with van der Waals surface area (Å²) in [6.45, 7) is 6.23. The molecule has 0 saturated carbocycles. The largest absolute Gasteiger partial charge is 0.310 e. The zero-order chi connectivity index (χ0) is 11.3. The van der Waals surface area contributed by atoms with E-state index in [1.807, 2.05) is 6.07 Å². The third-order valence-corrected chi connectivity index (χ3v) is 3.09. The van der Waals surface area contributed by atoms with Crippen molar-refractivity contribution >= 4 is 0 Å². The third-order valence-electron chi connectivity index (χ3n) is 3.09. The normalized spacial score (nSPS) is 14.6. The van der Waals surface area contributed by atoms with Gasteiger partial charge in [0, 0.05) is 5.56 Å². The van der Waals surface area contributed by atoms with Gasteiger partial charge >= 0.3 is 0 Å². The maximum atomic E-state index is 5.44. The van der Waals surface area contributed by atoms with E-state index in [0.29, 0.717) is 6.04 Å². The monoisotopic (exact) mass is 202 g/mol. The van der Waals surface area contributed by atoms with Crippen molar-refractivity contribution in [3.63, 3.8) is 0 Å². The molecule has 1 heteroatoms. The summed E-state index contributed by atoms with van der Waals surface area (Å²) in [7, 11) is 2.22. The highest BCUT2D eigenvalue weighted by Gasteiger charge is 2.24. The molecule has 1 unspecified atom stereocenters. The topological polar surface area (TPSA) is 0 Å². The summed E-state index contributed by atoms with van der Waals surface area (Å²) in [4.78, 5) is 0. The van der Waals surface area contributed by atoms with Gasteiger partial charge in [0.1, 0.15) is 13.1 Å². The van der Waals surface area contributed by atoms with Crippen molar-refractivity contribution in [1.29, 1.82) is 0 Å². The zero-order valence-corrected chi connectivity index (χ0v) is 9.90. The maximum Gasteiger partial charge on any atom is 0.140 e. The Morgan fingerprint density at radius 3 is 2.33 bits per heavy atom. The maximum absolute atomic E-state index is 5.44. The average Bonchev–Trinajstić information content (AvgIpc) is 2.19.